The minimum absolute atomic E-state index is 0.263. The number of esters is 1. The van der Waals surface area contributed by atoms with Gasteiger partial charge < -0.3 is 14.8 Å². The fourth-order valence-corrected chi connectivity index (χ4v) is 1.39. The zero-order valence-corrected chi connectivity index (χ0v) is 10.8. The van der Waals surface area contributed by atoms with Gasteiger partial charge in [0.15, 0.2) is 0 Å². The highest BCUT2D eigenvalue weighted by Gasteiger charge is 2.11. The molecule has 4 nitrogen and oxygen atoms in total. The summed E-state index contributed by atoms with van der Waals surface area (Å²) in [6, 6.07) is 7.38. The molecule has 1 aromatic rings. The molecule has 0 saturated carbocycles. The predicted octanol–water partition coefficient (Wildman–Crippen LogP) is 1.90. The van der Waals surface area contributed by atoms with E-state index in [0.29, 0.717) is 13.2 Å². The summed E-state index contributed by atoms with van der Waals surface area (Å²) < 4.78 is 10.0. The summed E-state index contributed by atoms with van der Waals surface area (Å²) >= 11 is 0. The lowest BCUT2D eigenvalue weighted by Gasteiger charge is -2.11. The Balaban J connectivity index is 2.43. The molecule has 1 unspecified atom stereocenters. The van der Waals surface area contributed by atoms with Crippen molar-refractivity contribution >= 4 is 5.97 Å². The molecular weight excluding hydrogens is 230 g/mol. The highest BCUT2D eigenvalue weighted by Crippen LogP contribution is 2.12. The first kappa shape index (κ1) is 14.3. The van der Waals surface area contributed by atoms with Gasteiger partial charge >= 0.3 is 5.97 Å². The summed E-state index contributed by atoms with van der Waals surface area (Å²) in [5.41, 5.74) is 1.08. The minimum atomic E-state index is -0.313. The Labute approximate surface area is 108 Å². The van der Waals surface area contributed by atoms with E-state index < -0.39 is 0 Å². The molecule has 1 aromatic carbocycles. The average molecular weight is 249 g/mol. The van der Waals surface area contributed by atoms with Gasteiger partial charge in [-0.25, -0.2) is 0 Å². The van der Waals surface area contributed by atoms with Gasteiger partial charge in [-0.05, 0) is 24.6 Å². The largest absolute Gasteiger partial charge is 0.490 e. The second-order valence-corrected chi connectivity index (χ2v) is 3.87. The standard InChI is InChI=1S/C14H19NO3/c1-4-9-18-13-7-5-12(6-8-13)10-15-11(2)14(16)17-3/h4-8,11,15H,1,9-10H2,2-3H3. The van der Waals surface area contributed by atoms with Crippen LogP contribution in [-0.4, -0.2) is 25.7 Å². The number of ether oxygens (including phenoxy) is 2. The summed E-state index contributed by atoms with van der Waals surface area (Å²) in [7, 11) is 1.38. The molecule has 0 radical (unpaired) electrons. The summed E-state index contributed by atoms with van der Waals surface area (Å²) in [5.74, 6) is 0.542. The molecule has 0 bridgehead atoms. The van der Waals surface area contributed by atoms with Crippen LogP contribution < -0.4 is 10.1 Å². The van der Waals surface area contributed by atoms with Gasteiger partial charge in [-0.3, -0.25) is 4.79 Å². The van der Waals surface area contributed by atoms with Crippen LogP contribution in [-0.2, 0) is 16.1 Å². The molecule has 0 aliphatic heterocycles. The first-order valence-corrected chi connectivity index (χ1v) is 5.81. The van der Waals surface area contributed by atoms with Gasteiger partial charge in [0, 0.05) is 6.54 Å². The zero-order valence-electron chi connectivity index (χ0n) is 10.8. The maximum atomic E-state index is 11.2. The first-order chi connectivity index (χ1) is 8.67. The molecule has 4 heteroatoms. The van der Waals surface area contributed by atoms with Crippen LogP contribution in [0.5, 0.6) is 5.75 Å². The van der Waals surface area contributed by atoms with E-state index in [2.05, 4.69) is 16.6 Å². The molecule has 0 amide bonds. The third-order valence-corrected chi connectivity index (χ3v) is 2.46. The van der Waals surface area contributed by atoms with Crippen molar-refractivity contribution in [2.24, 2.45) is 0 Å². The lowest BCUT2D eigenvalue weighted by Crippen LogP contribution is -2.34. The highest BCUT2D eigenvalue weighted by atomic mass is 16.5. The molecule has 0 aliphatic rings. The van der Waals surface area contributed by atoms with Crippen molar-refractivity contribution in [1.29, 1.82) is 0 Å². The van der Waals surface area contributed by atoms with Gasteiger partial charge in [-0.1, -0.05) is 24.8 Å². The maximum absolute atomic E-state index is 11.2. The molecule has 1 atom stereocenters. The van der Waals surface area contributed by atoms with Gasteiger partial charge in [0.2, 0.25) is 0 Å². The molecule has 0 heterocycles. The second-order valence-electron chi connectivity index (χ2n) is 3.87. The van der Waals surface area contributed by atoms with Crippen LogP contribution in [0, 0.1) is 0 Å². The van der Waals surface area contributed by atoms with Gasteiger partial charge in [0.25, 0.3) is 0 Å². The molecule has 98 valence electrons. The van der Waals surface area contributed by atoms with E-state index in [1.807, 2.05) is 24.3 Å². The molecule has 18 heavy (non-hydrogen) atoms. The lowest BCUT2D eigenvalue weighted by atomic mass is 10.2. The summed E-state index contributed by atoms with van der Waals surface area (Å²) in [4.78, 5) is 11.2. The van der Waals surface area contributed by atoms with Crippen molar-refractivity contribution in [3.05, 3.63) is 42.5 Å². The van der Waals surface area contributed by atoms with Crippen molar-refractivity contribution in [3.63, 3.8) is 0 Å². The number of hydrogen-bond donors (Lipinski definition) is 1. The van der Waals surface area contributed by atoms with E-state index in [-0.39, 0.29) is 12.0 Å². The summed E-state index contributed by atoms with van der Waals surface area (Å²) in [6.45, 7) is 6.47. The van der Waals surface area contributed by atoms with Crippen LogP contribution in [0.25, 0.3) is 0 Å². The van der Waals surface area contributed by atoms with Crippen LogP contribution >= 0.6 is 0 Å². The molecule has 0 aliphatic carbocycles. The van der Waals surface area contributed by atoms with E-state index >= 15 is 0 Å². The summed E-state index contributed by atoms with van der Waals surface area (Å²) in [6.07, 6.45) is 1.70. The number of methoxy groups -OCH3 is 1. The van der Waals surface area contributed by atoms with Crippen molar-refractivity contribution in [3.8, 4) is 5.75 Å². The number of benzene rings is 1. The van der Waals surface area contributed by atoms with E-state index in [1.165, 1.54) is 7.11 Å². The normalized spacial score (nSPS) is 11.7. The number of carbonyl (C=O) groups is 1. The fourth-order valence-electron chi connectivity index (χ4n) is 1.39. The van der Waals surface area contributed by atoms with Crippen LogP contribution in [0.15, 0.2) is 36.9 Å². The SMILES string of the molecule is C=CCOc1ccc(CNC(C)C(=O)OC)cc1. The molecule has 0 fully saturated rings. The predicted molar refractivity (Wildman–Crippen MR) is 70.5 cm³/mol. The van der Waals surface area contributed by atoms with E-state index in [9.17, 15) is 4.79 Å². The monoisotopic (exact) mass is 249 g/mol. The van der Waals surface area contributed by atoms with Crippen LogP contribution in [0.3, 0.4) is 0 Å². The quantitative estimate of drug-likeness (QED) is 0.592. The van der Waals surface area contributed by atoms with E-state index in [0.717, 1.165) is 11.3 Å². The van der Waals surface area contributed by atoms with Crippen LogP contribution in [0.2, 0.25) is 0 Å². The smallest absolute Gasteiger partial charge is 0.322 e. The van der Waals surface area contributed by atoms with E-state index in [1.54, 1.807) is 13.0 Å². The Kier molecular flexibility index (Phi) is 5.94. The molecule has 0 aromatic heterocycles. The number of rotatable bonds is 7. The molecule has 1 N–H and O–H groups in total. The summed E-state index contributed by atoms with van der Waals surface area (Å²) in [5, 5.41) is 3.08. The van der Waals surface area contributed by atoms with Crippen molar-refractivity contribution in [2.45, 2.75) is 19.5 Å². The number of hydrogen-bond acceptors (Lipinski definition) is 4. The Morgan fingerprint density at radius 1 is 1.44 bits per heavy atom. The molecule has 0 spiro atoms. The van der Waals surface area contributed by atoms with Crippen LogP contribution in [0.4, 0.5) is 0 Å². The molecular formula is C14H19NO3. The van der Waals surface area contributed by atoms with Crippen molar-refractivity contribution < 1.29 is 14.3 Å². The van der Waals surface area contributed by atoms with Gasteiger partial charge in [0.1, 0.15) is 18.4 Å². The fraction of sp³-hybridized carbons (Fsp3) is 0.357. The Morgan fingerprint density at radius 3 is 2.67 bits per heavy atom. The van der Waals surface area contributed by atoms with Crippen LogP contribution in [0.1, 0.15) is 12.5 Å². The molecule has 0 saturated heterocycles. The molecule has 1 rings (SSSR count). The lowest BCUT2D eigenvalue weighted by molar-refractivity contribution is -0.142. The van der Waals surface area contributed by atoms with E-state index in [4.69, 9.17) is 4.74 Å². The first-order valence-electron chi connectivity index (χ1n) is 5.81. The van der Waals surface area contributed by atoms with Crippen molar-refractivity contribution in [1.82, 2.24) is 5.32 Å². The third kappa shape index (κ3) is 4.59. The van der Waals surface area contributed by atoms with Gasteiger partial charge in [0.05, 0.1) is 7.11 Å². The second kappa shape index (κ2) is 7.50. The zero-order chi connectivity index (χ0) is 13.4. The van der Waals surface area contributed by atoms with Gasteiger partial charge in [-0.2, -0.15) is 0 Å². The topological polar surface area (TPSA) is 47.6 Å². The third-order valence-electron chi connectivity index (χ3n) is 2.46. The number of carbonyl (C=O) groups excluding carboxylic acids is 1. The maximum Gasteiger partial charge on any atom is 0.322 e. The highest BCUT2D eigenvalue weighted by molar-refractivity contribution is 5.75. The average Bonchev–Trinajstić information content (AvgIpc) is 2.42. The Hall–Kier alpha value is -1.81. The Bertz CT molecular complexity index is 387. The minimum Gasteiger partial charge on any atom is -0.490 e. The van der Waals surface area contributed by atoms with Gasteiger partial charge in [-0.15, -0.1) is 0 Å². The number of nitrogens with one attached hydrogen (secondary N) is 1. The Morgan fingerprint density at radius 2 is 2.11 bits per heavy atom. The van der Waals surface area contributed by atoms with Crippen molar-refractivity contribution in [2.75, 3.05) is 13.7 Å².